The van der Waals surface area contributed by atoms with E-state index in [1.165, 1.54) is 11.3 Å². The lowest BCUT2D eigenvalue weighted by molar-refractivity contribution is -0.116. The molecule has 0 unspecified atom stereocenters. The number of hydrogen-bond acceptors (Lipinski definition) is 6. The fourth-order valence-corrected chi connectivity index (χ4v) is 2.48. The molecule has 1 aromatic rings. The second-order valence-electron chi connectivity index (χ2n) is 4.14. The summed E-state index contributed by atoms with van der Waals surface area (Å²) in [4.78, 5) is 13.7. The highest BCUT2D eigenvalue weighted by molar-refractivity contribution is 7.19. The van der Waals surface area contributed by atoms with Crippen LogP contribution in [0.4, 0.5) is 10.3 Å². The zero-order chi connectivity index (χ0) is 12.8. The first-order valence-corrected chi connectivity index (χ1v) is 7.07. The van der Waals surface area contributed by atoms with E-state index in [1.807, 2.05) is 0 Å². The van der Waals surface area contributed by atoms with E-state index in [1.54, 1.807) is 0 Å². The summed E-state index contributed by atoms with van der Waals surface area (Å²) in [5.74, 6) is 0.0153. The van der Waals surface area contributed by atoms with Gasteiger partial charge in [-0.25, -0.2) is 0 Å². The van der Waals surface area contributed by atoms with Gasteiger partial charge < -0.3 is 15.0 Å². The first-order valence-electron chi connectivity index (χ1n) is 6.25. The number of aromatic nitrogens is 2. The number of morpholine rings is 1. The molecule has 0 aromatic carbocycles. The van der Waals surface area contributed by atoms with Crippen LogP contribution in [0.1, 0.15) is 26.2 Å². The summed E-state index contributed by atoms with van der Waals surface area (Å²) in [5.41, 5.74) is 0. The van der Waals surface area contributed by atoms with Crippen LogP contribution in [-0.2, 0) is 9.53 Å². The fourth-order valence-electron chi connectivity index (χ4n) is 1.67. The van der Waals surface area contributed by atoms with Gasteiger partial charge in [0.1, 0.15) is 0 Å². The summed E-state index contributed by atoms with van der Waals surface area (Å²) in [6.45, 7) is 5.17. The van der Waals surface area contributed by atoms with Crippen molar-refractivity contribution < 1.29 is 9.53 Å². The average Bonchev–Trinajstić information content (AvgIpc) is 2.86. The summed E-state index contributed by atoms with van der Waals surface area (Å²) in [5, 5.41) is 12.3. The Hall–Kier alpha value is -1.21. The van der Waals surface area contributed by atoms with Gasteiger partial charge in [0.2, 0.25) is 16.2 Å². The predicted octanol–water partition coefficient (Wildman–Crippen LogP) is 1.50. The molecule has 2 heterocycles. The SMILES string of the molecule is CCCCC(=O)Nc1nnc(N2CCOCC2)s1. The molecule has 0 atom stereocenters. The van der Waals surface area contributed by atoms with Gasteiger partial charge in [-0.05, 0) is 6.42 Å². The third-order valence-electron chi connectivity index (χ3n) is 2.70. The van der Waals surface area contributed by atoms with E-state index in [-0.39, 0.29) is 5.91 Å². The molecule has 0 saturated carbocycles. The van der Waals surface area contributed by atoms with Crippen LogP contribution in [0, 0.1) is 0 Å². The molecule has 0 aliphatic carbocycles. The third-order valence-corrected chi connectivity index (χ3v) is 3.60. The van der Waals surface area contributed by atoms with Crippen molar-refractivity contribution in [2.45, 2.75) is 26.2 Å². The van der Waals surface area contributed by atoms with Crippen molar-refractivity contribution in [2.75, 3.05) is 36.5 Å². The molecule has 18 heavy (non-hydrogen) atoms. The third kappa shape index (κ3) is 3.64. The lowest BCUT2D eigenvalue weighted by atomic mass is 10.2. The number of carbonyl (C=O) groups excluding carboxylic acids is 1. The highest BCUT2D eigenvalue weighted by Gasteiger charge is 2.16. The van der Waals surface area contributed by atoms with Crippen molar-refractivity contribution in [3.63, 3.8) is 0 Å². The second kappa shape index (κ2) is 6.65. The number of hydrogen-bond donors (Lipinski definition) is 1. The van der Waals surface area contributed by atoms with E-state index in [9.17, 15) is 4.79 Å². The zero-order valence-electron chi connectivity index (χ0n) is 10.5. The molecule has 0 radical (unpaired) electrons. The molecule has 6 nitrogen and oxygen atoms in total. The summed E-state index contributed by atoms with van der Waals surface area (Å²) < 4.78 is 5.28. The zero-order valence-corrected chi connectivity index (χ0v) is 11.3. The molecule has 1 amide bonds. The van der Waals surface area contributed by atoms with E-state index in [2.05, 4.69) is 27.3 Å². The van der Waals surface area contributed by atoms with Gasteiger partial charge in [0.25, 0.3) is 0 Å². The summed E-state index contributed by atoms with van der Waals surface area (Å²) in [6.07, 6.45) is 2.46. The molecule has 1 aromatic heterocycles. The fraction of sp³-hybridized carbons (Fsp3) is 0.727. The van der Waals surface area contributed by atoms with Crippen LogP contribution >= 0.6 is 11.3 Å². The van der Waals surface area contributed by atoms with E-state index >= 15 is 0 Å². The normalized spacial score (nSPS) is 15.7. The number of carbonyl (C=O) groups is 1. The summed E-state index contributed by atoms with van der Waals surface area (Å²) in [6, 6.07) is 0. The molecule has 1 N–H and O–H groups in total. The van der Waals surface area contributed by atoms with Gasteiger partial charge in [0.15, 0.2) is 0 Å². The highest BCUT2D eigenvalue weighted by atomic mass is 32.1. The van der Waals surface area contributed by atoms with Crippen molar-refractivity contribution in [3.8, 4) is 0 Å². The van der Waals surface area contributed by atoms with Crippen LogP contribution in [0.5, 0.6) is 0 Å². The maximum Gasteiger partial charge on any atom is 0.226 e. The van der Waals surface area contributed by atoms with Crippen LogP contribution in [0.2, 0.25) is 0 Å². The van der Waals surface area contributed by atoms with Crippen molar-refractivity contribution in [1.82, 2.24) is 10.2 Å². The van der Waals surface area contributed by atoms with Gasteiger partial charge in [-0.15, -0.1) is 10.2 Å². The molecule has 7 heteroatoms. The van der Waals surface area contributed by atoms with Gasteiger partial charge in [-0.1, -0.05) is 24.7 Å². The van der Waals surface area contributed by atoms with Crippen LogP contribution in [0.25, 0.3) is 0 Å². The minimum atomic E-state index is 0.0153. The van der Waals surface area contributed by atoms with Crippen LogP contribution < -0.4 is 10.2 Å². The Labute approximate surface area is 110 Å². The van der Waals surface area contributed by atoms with Crippen molar-refractivity contribution in [3.05, 3.63) is 0 Å². The lowest BCUT2D eigenvalue weighted by Crippen LogP contribution is -2.36. The van der Waals surface area contributed by atoms with Gasteiger partial charge in [-0.2, -0.15) is 0 Å². The number of rotatable bonds is 5. The Bertz CT molecular complexity index is 390. The minimum Gasteiger partial charge on any atom is -0.378 e. The number of nitrogens with one attached hydrogen (secondary N) is 1. The highest BCUT2D eigenvalue weighted by Crippen LogP contribution is 2.24. The van der Waals surface area contributed by atoms with E-state index in [0.717, 1.165) is 44.3 Å². The first kappa shape index (κ1) is 13.2. The number of anilines is 2. The summed E-state index contributed by atoms with van der Waals surface area (Å²) in [7, 11) is 0. The largest absolute Gasteiger partial charge is 0.378 e. The molecule has 2 rings (SSSR count). The first-order chi connectivity index (χ1) is 8.79. The summed E-state index contributed by atoms with van der Waals surface area (Å²) >= 11 is 1.42. The maximum atomic E-state index is 11.6. The maximum absolute atomic E-state index is 11.6. The molecule has 100 valence electrons. The van der Waals surface area contributed by atoms with E-state index < -0.39 is 0 Å². The number of unbranched alkanes of at least 4 members (excludes halogenated alkanes) is 1. The van der Waals surface area contributed by atoms with Crippen LogP contribution in [0.3, 0.4) is 0 Å². The molecule has 0 spiro atoms. The Morgan fingerprint density at radius 1 is 1.44 bits per heavy atom. The van der Waals surface area contributed by atoms with Gasteiger partial charge in [0.05, 0.1) is 13.2 Å². The Kier molecular flexibility index (Phi) is 4.89. The van der Waals surface area contributed by atoms with Crippen LogP contribution in [-0.4, -0.2) is 42.4 Å². The molecule has 1 fully saturated rings. The minimum absolute atomic E-state index is 0.0153. The standard InChI is InChI=1S/C11H18N4O2S/c1-2-3-4-9(16)12-10-13-14-11(18-10)15-5-7-17-8-6-15/h2-8H2,1H3,(H,12,13,16). The van der Waals surface area contributed by atoms with Gasteiger partial charge >= 0.3 is 0 Å². The smallest absolute Gasteiger partial charge is 0.226 e. The number of amides is 1. The molecular formula is C11H18N4O2S. The molecule has 1 aliphatic heterocycles. The topological polar surface area (TPSA) is 67.4 Å². The second-order valence-corrected chi connectivity index (χ2v) is 5.10. The number of ether oxygens (including phenoxy) is 1. The predicted molar refractivity (Wildman–Crippen MR) is 71.1 cm³/mol. The lowest BCUT2D eigenvalue weighted by Gasteiger charge is -2.25. The Morgan fingerprint density at radius 2 is 2.22 bits per heavy atom. The molecule has 0 bridgehead atoms. The monoisotopic (exact) mass is 270 g/mol. The Balaban J connectivity index is 1.87. The molecular weight excluding hydrogens is 252 g/mol. The molecule has 1 aliphatic rings. The van der Waals surface area contributed by atoms with Gasteiger partial charge in [-0.3, -0.25) is 4.79 Å². The molecule has 1 saturated heterocycles. The quantitative estimate of drug-likeness (QED) is 0.878. The average molecular weight is 270 g/mol. The van der Waals surface area contributed by atoms with Crippen molar-refractivity contribution >= 4 is 27.5 Å². The van der Waals surface area contributed by atoms with E-state index in [4.69, 9.17) is 4.74 Å². The van der Waals surface area contributed by atoms with Crippen LogP contribution in [0.15, 0.2) is 0 Å². The van der Waals surface area contributed by atoms with E-state index in [0.29, 0.717) is 11.6 Å². The van der Waals surface area contributed by atoms with Crippen molar-refractivity contribution in [1.29, 1.82) is 0 Å². The Morgan fingerprint density at radius 3 is 2.94 bits per heavy atom. The number of nitrogens with zero attached hydrogens (tertiary/aromatic N) is 3. The van der Waals surface area contributed by atoms with Gasteiger partial charge in [0, 0.05) is 19.5 Å². The van der Waals surface area contributed by atoms with Crippen molar-refractivity contribution in [2.24, 2.45) is 0 Å².